The van der Waals surface area contributed by atoms with E-state index in [2.05, 4.69) is 10.3 Å². The second kappa shape index (κ2) is 6.14. The molecule has 0 fully saturated rings. The molecule has 0 saturated carbocycles. The molecule has 0 spiro atoms. The number of amides is 1. The minimum Gasteiger partial charge on any atom is -0.369 e. The number of nitrogens with two attached hydrogens (primary N) is 1. The molecule has 0 radical (unpaired) electrons. The molecule has 0 aromatic heterocycles. The summed E-state index contributed by atoms with van der Waals surface area (Å²) < 4.78 is 0. The van der Waals surface area contributed by atoms with Gasteiger partial charge in [0, 0.05) is 13.1 Å². The van der Waals surface area contributed by atoms with Crippen molar-refractivity contribution in [3.05, 3.63) is 0 Å². The van der Waals surface area contributed by atoms with Gasteiger partial charge in [0.25, 0.3) is 0 Å². The minimum absolute atomic E-state index is 0. The number of thioether (sulfide) groups is 1. The van der Waals surface area contributed by atoms with Crippen LogP contribution in [0.3, 0.4) is 0 Å². The van der Waals surface area contributed by atoms with Crippen molar-refractivity contribution in [3.8, 4) is 0 Å². The first-order valence-electron chi connectivity index (χ1n) is 3.48. The average molecular weight is 210 g/mol. The highest BCUT2D eigenvalue weighted by molar-refractivity contribution is 8.14. The highest BCUT2D eigenvalue weighted by Gasteiger charge is 2.05. The molecule has 0 atom stereocenters. The Kier molecular flexibility index (Phi) is 5.92. The van der Waals surface area contributed by atoms with E-state index < -0.39 is 0 Å². The molecule has 0 saturated heterocycles. The summed E-state index contributed by atoms with van der Waals surface area (Å²) in [5.41, 5.74) is 4.97. The van der Waals surface area contributed by atoms with Crippen molar-refractivity contribution in [1.29, 1.82) is 0 Å². The highest BCUT2D eigenvalue weighted by atomic mass is 35.5. The molecule has 3 N–H and O–H groups in total. The summed E-state index contributed by atoms with van der Waals surface area (Å²) in [5, 5.41) is 3.92. The van der Waals surface area contributed by atoms with Gasteiger partial charge in [0.05, 0.1) is 5.75 Å². The van der Waals surface area contributed by atoms with E-state index in [0.717, 1.165) is 24.7 Å². The van der Waals surface area contributed by atoms with Crippen molar-refractivity contribution in [3.63, 3.8) is 0 Å². The zero-order chi connectivity index (χ0) is 8.10. The third-order valence-corrected chi connectivity index (χ3v) is 2.19. The van der Waals surface area contributed by atoms with E-state index in [0.29, 0.717) is 5.75 Å². The van der Waals surface area contributed by atoms with Gasteiger partial charge in [0.2, 0.25) is 5.91 Å². The van der Waals surface area contributed by atoms with Crippen molar-refractivity contribution in [2.75, 3.05) is 18.8 Å². The molecule has 1 amide bonds. The van der Waals surface area contributed by atoms with Crippen molar-refractivity contribution >= 4 is 35.2 Å². The molecule has 0 aromatic rings. The number of nitrogens with zero attached hydrogens (tertiary/aromatic N) is 1. The summed E-state index contributed by atoms with van der Waals surface area (Å²) in [7, 11) is 0. The lowest BCUT2D eigenvalue weighted by Gasteiger charge is -2.12. The Morgan fingerprint density at radius 1 is 1.75 bits per heavy atom. The number of aliphatic imine (C=N–C) groups is 1. The number of primary amides is 1. The number of carbonyl (C=O) groups is 1. The van der Waals surface area contributed by atoms with Crippen LogP contribution in [0.25, 0.3) is 0 Å². The van der Waals surface area contributed by atoms with Crippen molar-refractivity contribution < 1.29 is 4.79 Å². The number of amidine groups is 1. The summed E-state index contributed by atoms with van der Waals surface area (Å²) in [6.07, 6.45) is 1.07. The quantitative estimate of drug-likeness (QED) is 0.672. The summed E-state index contributed by atoms with van der Waals surface area (Å²) in [5.74, 6) is 0.0105. The van der Waals surface area contributed by atoms with Crippen LogP contribution in [0.1, 0.15) is 6.42 Å². The fourth-order valence-electron chi connectivity index (χ4n) is 0.747. The smallest absolute Gasteiger partial charge is 0.227 e. The topological polar surface area (TPSA) is 67.5 Å². The molecule has 1 aliphatic rings. The SMILES string of the molecule is Cl.NC(=O)CSC1=NCCCN1. The second-order valence-corrected chi connectivity index (χ2v) is 3.19. The molecule has 12 heavy (non-hydrogen) atoms. The maximum atomic E-state index is 10.4. The average Bonchev–Trinajstić information content (AvgIpc) is 2.03. The zero-order valence-electron chi connectivity index (χ0n) is 6.58. The van der Waals surface area contributed by atoms with Crippen LogP contribution >= 0.6 is 24.2 Å². The highest BCUT2D eigenvalue weighted by Crippen LogP contribution is 2.04. The predicted octanol–water partition coefficient (Wildman–Crippen LogP) is -0.0240. The lowest BCUT2D eigenvalue weighted by Crippen LogP contribution is -2.28. The van der Waals surface area contributed by atoms with Gasteiger partial charge in [0.15, 0.2) is 5.17 Å². The van der Waals surface area contributed by atoms with Gasteiger partial charge in [0.1, 0.15) is 0 Å². The van der Waals surface area contributed by atoms with Crippen molar-refractivity contribution in [2.45, 2.75) is 6.42 Å². The van der Waals surface area contributed by atoms with Crippen molar-refractivity contribution in [2.24, 2.45) is 10.7 Å². The standard InChI is InChI=1S/C6H11N3OS.ClH/c7-5(10)4-11-6-8-2-1-3-9-6;/h1-4H2,(H2,7,10)(H,8,9);1H. The van der Waals surface area contributed by atoms with Crippen LogP contribution in [-0.2, 0) is 4.79 Å². The Labute approximate surface area is 81.8 Å². The molecule has 0 unspecified atom stereocenters. The van der Waals surface area contributed by atoms with Gasteiger partial charge in [-0.05, 0) is 6.42 Å². The number of nitrogens with one attached hydrogen (secondary N) is 1. The molecule has 1 heterocycles. The first-order chi connectivity index (χ1) is 5.29. The fraction of sp³-hybridized carbons (Fsp3) is 0.667. The monoisotopic (exact) mass is 209 g/mol. The summed E-state index contributed by atoms with van der Waals surface area (Å²) in [4.78, 5) is 14.5. The molecule has 0 aliphatic carbocycles. The van der Waals surface area contributed by atoms with E-state index in [1.807, 2.05) is 0 Å². The van der Waals surface area contributed by atoms with Gasteiger partial charge in [-0.15, -0.1) is 12.4 Å². The predicted molar refractivity (Wildman–Crippen MR) is 53.8 cm³/mol. The largest absolute Gasteiger partial charge is 0.369 e. The number of hydrogen-bond acceptors (Lipinski definition) is 4. The Morgan fingerprint density at radius 2 is 2.50 bits per heavy atom. The Bertz CT molecular complexity index is 186. The molecule has 0 aromatic carbocycles. The normalized spacial score (nSPS) is 15.5. The molecule has 1 rings (SSSR count). The second-order valence-electron chi connectivity index (χ2n) is 2.22. The van der Waals surface area contributed by atoms with Gasteiger partial charge in [-0.3, -0.25) is 9.79 Å². The Hall–Kier alpha value is -0.420. The lowest BCUT2D eigenvalue weighted by molar-refractivity contribution is -0.115. The third-order valence-electron chi connectivity index (χ3n) is 1.22. The fourth-order valence-corrected chi connectivity index (χ4v) is 1.41. The van der Waals surface area contributed by atoms with E-state index in [9.17, 15) is 4.79 Å². The van der Waals surface area contributed by atoms with Crippen molar-refractivity contribution in [1.82, 2.24) is 5.32 Å². The van der Waals surface area contributed by atoms with Gasteiger partial charge in [-0.1, -0.05) is 11.8 Å². The van der Waals surface area contributed by atoms with E-state index in [1.54, 1.807) is 0 Å². The Balaban J connectivity index is 0.00000121. The first kappa shape index (κ1) is 11.6. The molecule has 0 bridgehead atoms. The van der Waals surface area contributed by atoms with E-state index in [4.69, 9.17) is 5.73 Å². The first-order valence-corrected chi connectivity index (χ1v) is 4.47. The zero-order valence-corrected chi connectivity index (χ0v) is 8.21. The number of rotatable bonds is 2. The van der Waals surface area contributed by atoms with Gasteiger partial charge in [-0.25, -0.2) is 0 Å². The van der Waals surface area contributed by atoms with E-state index in [-0.39, 0.29) is 18.3 Å². The number of hydrogen-bond donors (Lipinski definition) is 2. The van der Waals surface area contributed by atoms with Crippen LogP contribution in [0.4, 0.5) is 0 Å². The van der Waals surface area contributed by atoms with Crippen LogP contribution in [-0.4, -0.2) is 29.9 Å². The van der Waals surface area contributed by atoms with Crippen LogP contribution in [0, 0.1) is 0 Å². The molecule has 70 valence electrons. The summed E-state index contributed by atoms with van der Waals surface area (Å²) >= 11 is 1.37. The van der Waals surface area contributed by atoms with Gasteiger partial charge in [-0.2, -0.15) is 0 Å². The van der Waals surface area contributed by atoms with Crippen LogP contribution < -0.4 is 11.1 Å². The molecule has 6 heteroatoms. The summed E-state index contributed by atoms with van der Waals surface area (Å²) in [6, 6.07) is 0. The third kappa shape index (κ3) is 4.46. The van der Waals surface area contributed by atoms with E-state index >= 15 is 0 Å². The summed E-state index contributed by atoms with van der Waals surface area (Å²) in [6.45, 7) is 1.80. The molecule has 4 nitrogen and oxygen atoms in total. The van der Waals surface area contributed by atoms with E-state index in [1.165, 1.54) is 11.8 Å². The maximum absolute atomic E-state index is 10.4. The van der Waals surface area contributed by atoms with Crippen LogP contribution in [0.2, 0.25) is 0 Å². The lowest BCUT2D eigenvalue weighted by atomic mass is 10.4. The van der Waals surface area contributed by atoms with Gasteiger partial charge >= 0.3 is 0 Å². The molecule has 1 aliphatic heterocycles. The van der Waals surface area contributed by atoms with Crippen LogP contribution in [0.5, 0.6) is 0 Å². The number of halogens is 1. The maximum Gasteiger partial charge on any atom is 0.227 e. The molecular formula is C6H12ClN3OS. The van der Waals surface area contributed by atoms with Crippen LogP contribution in [0.15, 0.2) is 4.99 Å². The molecular weight excluding hydrogens is 198 g/mol. The minimum atomic E-state index is -0.301. The number of carbonyl (C=O) groups excluding carboxylic acids is 1. The Morgan fingerprint density at radius 3 is 3.00 bits per heavy atom. The van der Waals surface area contributed by atoms with Gasteiger partial charge < -0.3 is 11.1 Å².